The number of anilines is 3. The van der Waals surface area contributed by atoms with Crippen LogP contribution < -0.4 is 4.90 Å². The van der Waals surface area contributed by atoms with Crippen LogP contribution in [0.3, 0.4) is 0 Å². The highest BCUT2D eigenvalue weighted by Crippen LogP contribution is 2.50. The predicted molar refractivity (Wildman–Crippen MR) is 185 cm³/mol. The fraction of sp³-hybridized carbons (Fsp3) is 0. The van der Waals surface area contributed by atoms with E-state index in [0.29, 0.717) is 0 Å². The van der Waals surface area contributed by atoms with Crippen molar-refractivity contribution in [2.75, 3.05) is 4.90 Å². The van der Waals surface area contributed by atoms with Crippen molar-refractivity contribution < 1.29 is 0 Å². The molecule has 0 radical (unpaired) electrons. The first-order valence-corrected chi connectivity index (χ1v) is 14.8. The quantitative estimate of drug-likeness (QED) is 0.194. The van der Waals surface area contributed by atoms with Crippen LogP contribution in [0.4, 0.5) is 17.1 Å². The molecule has 8 aromatic rings. The van der Waals surface area contributed by atoms with Crippen LogP contribution in [0, 0.1) is 0 Å². The zero-order valence-corrected chi connectivity index (χ0v) is 23.7. The summed E-state index contributed by atoms with van der Waals surface area (Å²) in [6.45, 7) is 0. The lowest BCUT2D eigenvalue weighted by Crippen LogP contribution is -2.13. The van der Waals surface area contributed by atoms with Gasteiger partial charge in [-0.15, -0.1) is 0 Å². The molecule has 0 spiro atoms. The molecule has 0 amide bonds. The third kappa shape index (κ3) is 4.34. The number of benzene rings is 8. The SMILES string of the molecule is c1ccc(-c2cccc(N(c3cccc4ccccc34)c3c(-c4ccccc4)c4ccccc4c4ccccc34)c2)cc1. The summed E-state index contributed by atoms with van der Waals surface area (Å²) in [5.41, 5.74) is 8.28. The number of hydrogen-bond acceptors (Lipinski definition) is 1. The van der Waals surface area contributed by atoms with Crippen LogP contribution in [0.15, 0.2) is 176 Å². The lowest BCUT2D eigenvalue weighted by atomic mass is 9.89. The summed E-state index contributed by atoms with van der Waals surface area (Å²) in [5.74, 6) is 0. The summed E-state index contributed by atoms with van der Waals surface area (Å²) in [7, 11) is 0. The molecule has 0 bridgehead atoms. The molecule has 8 rings (SSSR count). The van der Waals surface area contributed by atoms with E-state index in [1.807, 2.05) is 0 Å². The van der Waals surface area contributed by atoms with Crippen molar-refractivity contribution in [3.05, 3.63) is 176 Å². The van der Waals surface area contributed by atoms with Crippen LogP contribution >= 0.6 is 0 Å². The summed E-state index contributed by atoms with van der Waals surface area (Å²) < 4.78 is 0. The number of rotatable bonds is 5. The minimum absolute atomic E-state index is 1.12. The maximum absolute atomic E-state index is 2.49. The van der Waals surface area contributed by atoms with E-state index in [1.165, 1.54) is 60.3 Å². The highest BCUT2D eigenvalue weighted by Gasteiger charge is 2.24. The molecule has 1 heteroatoms. The predicted octanol–water partition coefficient (Wildman–Crippen LogP) is 11.9. The monoisotopic (exact) mass is 547 g/mol. The van der Waals surface area contributed by atoms with Crippen LogP contribution in [0.2, 0.25) is 0 Å². The van der Waals surface area contributed by atoms with Gasteiger partial charge >= 0.3 is 0 Å². The van der Waals surface area contributed by atoms with Gasteiger partial charge in [0.1, 0.15) is 0 Å². The Labute approximate surface area is 251 Å². The minimum atomic E-state index is 1.12. The summed E-state index contributed by atoms with van der Waals surface area (Å²) in [4.78, 5) is 2.49. The summed E-state index contributed by atoms with van der Waals surface area (Å²) >= 11 is 0. The summed E-state index contributed by atoms with van der Waals surface area (Å²) in [6.07, 6.45) is 0. The minimum Gasteiger partial charge on any atom is -0.309 e. The number of fused-ring (bicyclic) bond motifs is 4. The van der Waals surface area contributed by atoms with Gasteiger partial charge in [-0.25, -0.2) is 0 Å². The maximum Gasteiger partial charge on any atom is 0.0625 e. The fourth-order valence-corrected chi connectivity index (χ4v) is 6.50. The molecule has 0 atom stereocenters. The van der Waals surface area contributed by atoms with Gasteiger partial charge in [0.05, 0.1) is 11.4 Å². The Morgan fingerprint density at radius 1 is 0.326 bits per heavy atom. The highest BCUT2D eigenvalue weighted by atomic mass is 15.1. The smallest absolute Gasteiger partial charge is 0.0625 e. The van der Waals surface area contributed by atoms with Crippen LogP contribution in [-0.4, -0.2) is 0 Å². The van der Waals surface area contributed by atoms with E-state index in [0.717, 1.165) is 11.4 Å². The van der Waals surface area contributed by atoms with Gasteiger partial charge in [0, 0.05) is 22.0 Å². The lowest BCUT2D eigenvalue weighted by Gasteiger charge is -2.31. The molecular weight excluding hydrogens is 518 g/mol. The second-order valence-corrected chi connectivity index (χ2v) is 10.9. The topological polar surface area (TPSA) is 3.24 Å². The second-order valence-electron chi connectivity index (χ2n) is 10.9. The van der Waals surface area contributed by atoms with Gasteiger partial charge < -0.3 is 4.90 Å². The van der Waals surface area contributed by atoms with Crippen molar-refractivity contribution in [1.29, 1.82) is 0 Å². The van der Waals surface area contributed by atoms with Gasteiger partial charge in [0.25, 0.3) is 0 Å². The van der Waals surface area contributed by atoms with Gasteiger partial charge in [-0.3, -0.25) is 0 Å². The first-order chi connectivity index (χ1) is 21.4. The Hall–Kier alpha value is -5.66. The molecule has 1 nitrogen and oxygen atoms in total. The van der Waals surface area contributed by atoms with Crippen molar-refractivity contribution >= 4 is 49.4 Å². The standard InChI is InChI=1S/C42H29N/c1-3-15-30(16-4-1)33-21-13-22-34(29-33)43(40-28-14-20-31-17-7-8-23-35(31)40)42-39-27-12-10-25-37(39)36-24-9-11-26-38(36)41(42)32-18-5-2-6-19-32/h1-29H. The Morgan fingerprint density at radius 2 is 0.837 bits per heavy atom. The molecule has 202 valence electrons. The molecule has 0 saturated heterocycles. The zero-order valence-electron chi connectivity index (χ0n) is 23.7. The third-order valence-corrected chi connectivity index (χ3v) is 8.41. The van der Waals surface area contributed by atoms with Crippen LogP contribution in [0.1, 0.15) is 0 Å². The van der Waals surface area contributed by atoms with E-state index in [2.05, 4.69) is 181 Å². The molecule has 43 heavy (non-hydrogen) atoms. The molecule has 8 aromatic carbocycles. The number of nitrogens with zero attached hydrogens (tertiary/aromatic N) is 1. The van der Waals surface area contributed by atoms with Crippen LogP contribution in [0.25, 0.3) is 54.6 Å². The third-order valence-electron chi connectivity index (χ3n) is 8.41. The van der Waals surface area contributed by atoms with E-state index in [-0.39, 0.29) is 0 Å². The van der Waals surface area contributed by atoms with E-state index in [1.54, 1.807) is 0 Å². The largest absolute Gasteiger partial charge is 0.309 e. The summed E-state index contributed by atoms with van der Waals surface area (Å²) in [5, 5.41) is 7.40. The fourth-order valence-electron chi connectivity index (χ4n) is 6.50. The average molecular weight is 548 g/mol. The summed E-state index contributed by atoms with van der Waals surface area (Å²) in [6, 6.07) is 63.5. The molecule has 0 unspecified atom stereocenters. The Kier molecular flexibility index (Phi) is 6.20. The average Bonchev–Trinajstić information content (AvgIpc) is 3.09. The molecule has 0 aliphatic carbocycles. The molecule has 0 aromatic heterocycles. The first kappa shape index (κ1) is 25.1. The van der Waals surface area contributed by atoms with Gasteiger partial charge in [0.15, 0.2) is 0 Å². The number of hydrogen-bond donors (Lipinski definition) is 0. The van der Waals surface area contributed by atoms with E-state index < -0.39 is 0 Å². The molecule has 0 heterocycles. The van der Waals surface area contributed by atoms with Crippen molar-refractivity contribution in [1.82, 2.24) is 0 Å². The van der Waals surface area contributed by atoms with Crippen LogP contribution in [-0.2, 0) is 0 Å². The highest BCUT2D eigenvalue weighted by molar-refractivity contribution is 6.23. The van der Waals surface area contributed by atoms with E-state index in [4.69, 9.17) is 0 Å². The van der Waals surface area contributed by atoms with Gasteiger partial charge in [-0.05, 0) is 56.4 Å². The second kappa shape index (κ2) is 10.6. The Bertz CT molecular complexity index is 2230. The normalized spacial score (nSPS) is 11.3. The van der Waals surface area contributed by atoms with Crippen molar-refractivity contribution in [2.24, 2.45) is 0 Å². The van der Waals surface area contributed by atoms with Gasteiger partial charge in [0.2, 0.25) is 0 Å². The molecule has 0 aliphatic heterocycles. The molecular formula is C42H29N. The van der Waals surface area contributed by atoms with Crippen molar-refractivity contribution in [2.45, 2.75) is 0 Å². The van der Waals surface area contributed by atoms with Crippen LogP contribution in [0.5, 0.6) is 0 Å². The molecule has 0 N–H and O–H groups in total. The van der Waals surface area contributed by atoms with E-state index in [9.17, 15) is 0 Å². The van der Waals surface area contributed by atoms with Gasteiger partial charge in [-0.1, -0.05) is 158 Å². The Morgan fingerprint density at radius 3 is 1.58 bits per heavy atom. The van der Waals surface area contributed by atoms with Crippen molar-refractivity contribution in [3.63, 3.8) is 0 Å². The lowest BCUT2D eigenvalue weighted by molar-refractivity contribution is 1.32. The van der Waals surface area contributed by atoms with Crippen molar-refractivity contribution in [3.8, 4) is 22.3 Å². The van der Waals surface area contributed by atoms with E-state index >= 15 is 0 Å². The zero-order chi connectivity index (χ0) is 28.6. The molecule has 0 aliphatic rings. The Balaban J connectivity index is 1.55. The maximum atomic E-state index is 2.49. The first-order valence-electron chi connectivity index (χ1n) is 14.8. The van der Waals surface area contributed by atoms with Gasteiger partial charge in [-0.2, -0.15) is 0 Å². The molecule has 0 saturated carbocycles. The molecule has 0 fully saturated rings.